The van der Waals surface area contributed by atoms with Crippen molar-refractivity contribution < 1.29 is 4.79 Å². The zero-order valence-corrected chi connectivity index (χ0v) is 7.80. The van der Waals surface area contributed by atoms with E-state index in [1.54, 1.807) is 0 Å². The molecule has 0 saturated heterocycles. The first kappa shape index (κ1) is 8.99. The predicted octanol–water partition coefficient (Wildman–Crippen LogP) is 0.353. The van der Waals surface area contributed by atoms with Crippen molar-refractivity contribution in [2.45, 2.75) is 25.7 Å². The van der Waals surface area contributed by atoms with E-state index in [4.69, 9.17) is 5.73 Å². The molecule has 0 aromatic carbocycles. The van der Waals surface area contributed by atoms with Gasteiger partial charge in [0.05, 0.1) is 0 Å². The number of nitrogens with two attached hydrogens (primary N) is 1. The van der Waals surface area contributed by atoms with Gasteiger partial charge in [0.1, 0.15) is 5.56 Å². The van der Waals surface area contributed by atoms with Crippen molar-refractivity contribution in [1.82, 2.24) is 4.98 Å². The molecule has 14 heavy (non-hydrogen) atoms. The van der Waals surface area contributed by atoms with Crippen molar-refractivity contribution >= 4 is 5.91 Å². The molecule has 0 saturated carbocycles. The van der Waals surface area contributed by atoms with Crippen LogP contribution in [0.3, 0.4) is 0 Å². The van der Waals surface area contributed by atoms with Gasteiger partial charge >= 0.3 is 0 Å². The molecule has 1 aliphatic rings. The second-order valence-electron chi connectivity index (χ2n) is 3.56. The Balaban J connectivity index is 2.60. The molecule has 0 atom stereocenters. The largest absolute Gasteiger partial charge is 0.365 e. The second-order valence-corrected chi connectivity index (χ2v) is 3.56. The van der Waals surface area contributed by atoms with E-state index in [9.17, 15) is 9.59 Å². The van der Waals surface area contributed by atoms with Crippen LogP contribution in [0.1, 0.15) is 34.5 Å². The van der Waals surface area contributed by atoms with Gasteiger partial charge in [-0.1, -0.05) is 0 Å². The summed E-state index contributed by atoms with van der Waals surface area (Å²) in [7, 11) is 0. The topological polar surface area (TPSA) is 76.0 Å². The number of hydrogen-bond acceptors (Lipinski definition) is 2. The highest BCUT2D eigenvalue weighted by molar-refractivity contribution is 5.92. The van der Waals surface area contributed by atoms with Crippen molar-refractivity contribution in [2.75, 3.05) is 0 Å². The number of H-pyrrole nitrogens is 1. The molecule has 1 aliphatic carbocycles. The van der Waals surface area contributed by atoms with Crippen molar-refractivity contribution in [2.24, 2.45) is 5.73 Å². The summed E-state index contributed by atoms with van der Waals surface area (Å²) >= 11 is 0. The lowest BCUT2D eigenvalue weighted by Gasteiger charge is -2.14. The molecule has 0 aliphatic heterocycles. The molecular formula is C10H12N2O2. The lowest BCUT2D eigenvalue weighted by molar-refractivity contribution is 0.0999. The van der Waals surface area contributed by atoms with Crippen LogP contribution in [0.5, 0.6) is 0 Å². The summed E-state index contributed by atoms with van der Waals surface area (Å²) in [6, 6.07) is 0. The molecular weight excluding hydrogens is 180 g/mol. The predicted molar refractivity (Wildman–Crippen MR) is 52.2 cm³/mol. The van der Waals surface area contributed by atoms with Crippen LogP contribution >= 0.6 is 0 Å². The molecule has 1 heterocycles. The molecule has 1 aromatic heterocycles. The van der Waals surface area contributed by atoms with Crippen LogP contribution in [-0.2, 0) is 12.8 Å². The van der Waals surface area contributed by atoms with E-state index in [-0.39, 0.29) is 11.0 Å². The van der Waals surface area contributed by atoms with Crippen LogP contribution < -0.4 is 11.2 Å². The van der Waals surface area contributed by atoms with Gasteiger partial charge in [-0.15, -0.1) is 0 Å². The number of carbonyl (C=O) groups excluding carboxylic acids is 1. The Morgan fingerprint density at radius 3 is 2.79 bits per heavy atom. The number of amides is 1. The maximum absolute atomic E-state index is 11.7. The SMILES string of the molecule is NC(=O)c1c[nH]c2c(c1=O)CCCC2. The van der Waals surface area contributed by atoms with Gasteiger partial charge in [-0.2, -0.15) is 0 Å². The second kappa shape index (κ2) is 3.29. The van der Waals surface area contributed by atoms with E-state index in [2.05, 4.69) is 4.98 Å². The molecule has 2 rings (SSSR count). The van der Waals surface area contributed by atoms with Crippen molar-refractivity contribution in [3.63, 3.8) is 0 Å². The Morgan fingerprint density at radius 2 is 2.07 bits per heavy atom. The molecule has 4 heteroatoms. The Kier molecular flexibility index (Phi) is 2.11. The number of aryl methyl sites for hydroxylation is 1. The molecule has 0 unspecified atom stereocenters. The first-order valence-electron chi connectivity index (χ1n) is 4.73. The van der Waals surface area contributed by atoms with Crippen molar-refractivity contribution in [3.8, 4) is 0 Å². The number of nitrogens with one attached hydrogen (secondary N) is 1. The molecule has 0 radical (unpaired) electrons. The smallest absolute Gasteiger partial charge is 0.254 e. The van der Waals surface area contributed by atoms with Gasteiger partial charge in [0.15, 0.2) is 5.43 Å². The first-order chi connectivity index (χ1) is 6.70. The van der Waals surface area contributed by atoms with Gasteiger partial charge in [0, 0.05) is 17.5 Å². The van der Waals surface area contributed by atoms with Crippen LogP contribution in [0.25, 0.3) is 0 Å². The molecule has 1 aromatic rings. The average Bonchev–Trinajstić information content (AvgIpc) is 2.18. The van der Waals surface area contributed by atoms with Gasteiger partial charge in [-0.05, 0) is 25.7 Å². The molecule has 3 N–H and O–H groups in total. The van der Waals surface area contributed by atoms with E-state index >= 15 is 0 Å². The molecule has 0 spiro atoms. The standard InChI is InChI=1S/C10H12N2O2/c11-10(14)7-5-12-8-4-2-1-3-6(8)9(7)13/h5H,1-4H2,(H2,11,14)(H,12,13). The van der Waals surface area contributed by atoms with E-state index in [1.807, 2.05) is 0 Å². The third-order valence-electron chi connectivity index (χ3n) is 2.64. The Labute approximate surface area is 81.1 Å². The summed E-state index contributed by atoms with van der Waals surface area (Å²) in [6.45, 7) is 0. The van der Waals surface area contributed by atoms with Crippen LogP contribution in [0, 0.1) is 0 Å². The number of aromatic nitrogens is 1. The lowest BCUT2D eigenvalue weighted by atomic mass is 9.94. The minimum Gasteiger partial charge on any atom is -0.365 e. The average molecular weight is 192 g/mol. The molecule has 1 amide bonds. The number of hydrogen-bond donors (Lipinski definition) is 2. The molecule has 0 fully saturated rings. The normalized spacial score (nSPS) is 14.9. The van der Waals surface area contributed by atoms with E-state index < -0.39 is 5.91 Å². The number of rotatable bonds is 1. The number of primary amides is 1. The summed E-state index contributed by atoms with van der Waals surface area (Å²) in [4.78, 5) is 25.6. The van der Waals surface area contributed by atoms with Crippen LogP contribution in [-0.4, -0.2) is 10.9 Å². The van der Waals surface area contributed by atoms with Crippen LogP contribution in [0.2, 0.25) is 0 Å². The lowest BCUT2D eigenvalue weighted by Crippen LogP contribution is -2.27. The zero-order chi connectivity index (χ0) is 10.1. The summed E-state index contributed by atoms with van der Waals surface area (Å²) in [5.41, 5.74) is 6.68. The highest BCUT2D eigenvalue weighted by Gasteiger charge is 2.17. The summed E-state index contributed by atoms with van der Waals surface area (Å²) in [5, 5.41) is 0. The maximum Gasteiger partial charge on any atom is 0.254 e. The van der Waals surface area contributed by atoms with Gasteiger partial charge in [-0.25, -0.2) is 0 Å². The van der Waals surface area contributed by atoms with E-state index in [0.29, 0.717) is 0 Å². The fraction of sp³-hybridized carbons (Fsp3) is 0.400. The maximum atomic E-state index is 11.7. The molecule has 0 bridgehead atoms. The van der Waals surface area contributed by atoms with Gasteiger partial charge in [-0.3, -0.25) is 9.59 Å². The number of fused-ring (bicyclic) bond motifs is 1. The van der Waals surface area contributed by atoms with E-state index in [1.165, 1.54) is 6.20 Å². The number of pyridine rings is 1. The van der Waals surface area contributed by atoms with Gasteiger partial charge in [0.25, 0.3) is 5.91 Å². The Morgan fingerprint density at radius 1 is 1.36 bits per heavy atom. The summed E-state index contributed by atoms with van der Waals surface area (Å²) in [5.74, 6) is -0.653. The minimum absolute atomic E-state index is 0.0747. The number of aromatic amines is 1. The van der Waals surface area contributed by atoms with Crippen molar-refractivity contribution in [1.29, 1.82) is 0 Å². The van der Waals surface area contributed by atoms with Crippen LogP contribution in [0.4, 0.5) is 0 Å². The fourth-order valence-corrected chi connectivity index (χ4v) is 1.89. The first-order valence-corrected chi connectivity index (χ1v) is 4.73. The fourth-order valence-electron chi connectivity index (χ4n) is 1.89. The minimum atomic E-state index is -0.653. The highest BCUT2D eigenvalue weighted by atomic mass is 16.2. The third-order valence-corrected chi connectivity index (χ3v) is 2.64. The number of carbonyl (C=O) groups is 1. The quantitative estimate of drug-likeness (QED) is 0.673. The zero-order valence-electron chi connectivity index (χ0n) is 7.80. The summed E-state index contributed by atoms with van der Waals surface area (Å²) in [6.07, 6.45) is 5.18. The molecule has 4 nitrogen and oxygen atoms in total. The summed E-state index contributed by atoms with van der Waals surface area (Å²) < 4.78 is 0. The van der Waals surface area contributed by atoms with E-state index in [0.717, 1.165) is 36.9 Å². The van der Waals surface area contributed by atoms with Gasteiger partial charge in [0.2, 0.25) is 0 Å². The third kappa shape index (κ3) is 1.32. The van der Waals surface area contributed by atoms with Crippen LogP contribution in [0.15, 0.2) is 11.0 Å². The Bertz CT molecular complexity index is 434. The Hall–Kier alpha value is -1.58. The van der Waals surface area contributed by atoms with Crippen molar-refractivity contribution in [3.05, 3.63) is 33.2 Å². The monoisotopic (exact) mass is 192 g/mol. The highest BCUT2D eigenvalue weighted by Crippen LogP contribution is 2.15. The molecule has 74 valence electrons. The van der Waals surface area contributed by atoms with Gasteiger partial charge < -0.3 is 10.7 Å².